The maximum Gasteiger partial charge on any atom is 0.422 e. The van der Waals surface area contributed by atoms with Crippen molar-refractivity contribution in [3.63, 3.8) is 0 Å². The third-order valence-corrected chi connectivity index (χ3v) is 4.05. The highest BCUT2D eigenvalue weighted by atomic mass is 16.4. The predicted octanol–water partition coefficient (Wildman–Crippen LogP) is 0.133. The predicted molar refractivity (Wildman–Crippen MR) is 64.0 cm³/mol. The quantitative estimate of drug-likeness (QED) is 0.785. The third-order valence-electron chi connectivity index (χ3n) is 4.05. The molecule has 0 spiro atoms. The Labute approximate surface area is 107 Å². The van der Waals surface area contributed by atoms with E-state index in [9.17, 15) is 9.59 Å². The molecule has 0 atom stereocenters. The zero-order chi connectivity index (χ0) is 13.2. The third kappa shape index (κ3) is 1.12. The summed E-state index contributed by atoms with van der Waals surface area (Å²) in [5, 5.41) is 2.72. The fourth-order valence-corrected chi connectivity index (χ4v) is 3.01. The smallest absolute Gasteiger partial charge is 0.388 e. The molecule has 1 saturated carbocycles. The molecular weight excluding hydrogens is 248 g/mol. The zero-order valence-corrected chi connectivity index (χ0v) is 9.92. The molecule has 3 aliphatic rings. The molecule has 3 fully saturated rings. The second kappa shape index (κ2) is 3.11. The van der Waals surface area contributed by atoms with Crippen LogP contribution in [0.1, 0.15) is 12.8 Å². The van der Waals surface area contributed by atoms with E-state index < -0.39 is 11.3 Å². The lowest BCUT2D eigenvalue weighted by Gasteiger charge is -2.51. The number of rotatable bonds is 1. The first-order chi connectivity index (χ1) is 9.12. The van der Waals surface area contributed by atoms with Crippen LogP contribution in [0.3, 0.4) is 0 Å². The minimum atomic E-state index is -0.876. The summed E-state index contributed by atoms with van der Waals surface area (Å²) in [4.78, 5) is 32.1. The van der Waals surface area contributed by atoms with Gasteiger partial charge in [0.2, 0.25) is 0 Å². The molecule has 2 saturated heterocycles. The Hall–Kier alpha value is -2.44. The van der Waals surface area contributed by atoms with Crippen molar-refractivity contribution in [1.82, 2.24) is 19.9 Å². The average molecular weight is 258 g/mol. The van der Waals surface area contributed by atoms with Gasteiger partial charge >= 0.3 is 5.76 Å². The Balaban J connectivity index is 1.97. The van der Waals surface area contributed by atoms with Gasteiger partial charge in [-0.15, -0.1) is 0 Å². The van der Waals surface area contributed by atoms with E-state index in [4.69, 9.17) is 4.42 Å². The molecule has 19 heavy (non-hydrogen) atoms. The molecule has 0 unspecified atom stereocenters. The van der Waals surface area contributed by atoms with Crippen LogP contribution in [0.5, 0.6) is 0 Å². The molecule has 0 aromatic carbocycles. The van der Waals surface area contributed by atoms with E-state index >= 15 is 0 Å². The van der Waals surface area contributed by atoms with Gasteiger partial charge in [0.05, 0.1) is 6.20 Å². The average Bonchev–Trinajstić information content (AvgIpc) is 2.64. The van der Waals surface area contributed by atoms with Gasteiger partial charge in [0.25, 0.3) is 11.6 Å². The summed E-state index contributed by atoms with van der Waals surface area (Å²) in [6, 6.07) is 0. The number of oxazole rings is 1. The largest absolute Gasteiger partial charge is 0.422 e. The summed E-state index contributed by atoms with van der Waals surface area (Å²) < 4.78 is 6.45. The van der Waals surface area contributed by atoms with Crippen molar-refractivity contribution in [3.8, 4) is 0 Å². The number of nitrogens with zero attached hydrogens (tertiary/aromatic N) is 3. The summed E-state index contributed by atoms with van der Waals surface area (Å²) >= 11 is 0. The second-order valence-corrected chi connectivity index (χ2v) is 5.03. The van der Waals surface area contributed by atoms with Gasteiger partial charge in [0, 0.05) is 11.6 Å². The normalized spacial score (nSPS) is 29.2. The minimum absolute atomic E-state index is 0.204. The van der Waals surface area contributed by atoms with Gasteiger partial charge in [-0.2, -0.15) is 4.98 Å². The first-order valence-corrected chi connectivity index (χ1v) is 5.94. The molecule has 96 valence electrons. The number of amides is 1. The molecular formula is C12H10N4O3. The number of aromatic nitrogens is 3. The van der Waals surface area contributed by atoms with E-state index in [1.807, 2.05) is 0 Å². The van der Waals surface area contributed by atoms with Crippen LogP contribution in [0.15, 0.2) is 34.0 Å². The van der Waals surface area contributed by atoms with E-state index in [2.05, 4.69) is 21.9 Å². The van der Waals surface area contributed by atoms with E-state index in [0.717, 1.165) is 5.70 Å². The van der Waals surface area contributed by atoms with Crippen LogP contribution in [-0.4, -0.2) is 20.4 Å². The van der Waals surface area contributed by atoms with Gasteiger partial charge in [0.15, 0.2) is 0 Å². The fourth-order valence-electron chi connectivity index (χ4n) is 3.01. The Morgan fingerprint density at radius 3 is 3.00 bits per heavy atom. The number of piperidine rings is 2. The zero-order valence-electron chi connectivity index (χ0n) is 9.92. The molecule has 5 rings (SSSR count). The number of nitrogens with one attached hydrogen (secondary N) is 1. The van der Waals surface area contributed by atoms with Crippen molar-refractivity contribution in [2.75, 3.05) is 0 Å². The topological polar surface area (TPSA) is 90.0 Å². The number of fused-ring (bicyclic) bond motifs is 3. The Bertz CT molecular complexity index is 782. The van der Waals surface area contributed by atoms with E-state index in [1.54, 1.807) is 0 Å². The fraction of sp³-hybridized carbons (Fsp3) is 0.333. The van der Waals surface area contributed by atoms with Gasteiger partial charge in [-0.1, -0.05) is 6.58 Å². The first kappa shape index (κ1) is 10.5. The van der Waals surface area contributed by atoms with Crippen LogP contribution >= 0.6 is 0 Å². The number of carbonyl (C=O) groups is 1. The van der Waals surface area contributed by atoms with Crippen LogP contribution in [0.2, 0.25) is 0 Å². The number of hydrogen-bond donors (Lipinski definition) is 1. The van der Waals surface area contributed by atoms with Gasteiger partial charge in [-0.3, -0.25) is 9.36 Å². The summed E-state index contributed by atoms with van der Waals surface area (Å²) in [5.41, 5.74) is 0.506. The highest BCUT2D eigenvalue weighted by Crippen LogP contribution is 2.50. The molecule has 1 N–H and O–H groups in total. The summed E-state index contributed by atoms with van der Waals surface area (Å²) in [6.07, 6.45) is 3.94. The van der Waals surface area contributed by atoms with E-state index in [-0.39, 0.29) is 17.5 Å². The molecule has 2 aromatic rings. The van der Waals surface area contributed by atoms with E-state index in [0.29, 0.717) is 18.4 Å². The van der Waals surface area contributed by atoms with Crippen molar-refractivity contribution < 1.29 is 9.21 Å². The SMILES string of the molecule is C=C1NC(=O)C2(n3c(=O)oc4ncncc43)CC1C2. The Morgan fingerprint density at radius 2 is 2.26 bits per heavy atom. The second-order valence-electron chi connectivity index (χ2n) is 5.03. The molecule has 0 radical (unpaired) electrons. The molecule has 4 heterocycles. The standard InChI is InChI=1S/C12H10N4O3/c1-6-7-2-12(3-7,10(17)15-6)16-8-4-13-5-14-9(8)19-11(16)18/h4-5,7H,1-3H2,(H,15,17). The van der Waals surface area contributed by atoms with Gasteiger partial charge in [0.1, 0.15) is 17.4 Å². The van der Waals surface area contributed by atoms with Crippen LogP contribution < -0.4 is 11.1 Å². The van der Waals surface area contributed by atoms with Crippen molar-refractivity contribution in [1.29, 1.82) is 0 Å². The molecule has 2 aromatic heterocycles. The summed E-state index contributed by atoms with van der Waals surface area (Å²) in [5.74, 6) is -0.565. The highest BCUT2D eigenvalue weighted by molar-refractivity contribution is 5.90. The molecule has 2 bridgehead atoms. The van der Waals surface area contributed by atoms with Gasteiger partial charge in [-0.05, 0) is 12.8 Å². The number of allylic oxidation sites excluding steroid dienone is 1. The Kier molecular flexibility index (Phi) is 1.72. The molecule has 7 heteroatoms. The number of hydrogen-bond acceptors (Lipinski definition) is 5. The van der Waals surface area contributed by atoms with Crippen molar-refractivity contribution in [3.05, 3.63) is 35.4 Å². The van der Waals surface area contributed by atoms with Gasteiger partial charge in [-0.25, -0.2) is 9.78 Å². The highest BCUT2D eigenvalue weighted by Gasteiger charge is 2.58. The lowest BCUT2D eigenvalue weighted by Crippen LogP contribution is -2.64. The summed E-state index contributed by atoms with van der Waals surface area (Å²) in [7, 11) is 0. The van der Waals surface area contributed by atoms with Crippen LogP contribution in [-0.2, 0) is 10.3 Å². The van der Waals surface area contributed by atoms with Crippen molar-refractivity contribution >= 4 is 17.1 Å². The Morgan fingerprint density at radius 1 is 1.47 bits per heavy atom. The summed E-state index contributed by atoms with van der Waals surface area (Å²) in [6.45, 7) is 3.81. The maximum atomic E-state index is 12.2. The maximum absolute atomic E-state index is 12.2. The molecule has 1 amide bonds. The van der Waals surface area contributed by atoms with Crippen LogP contribution in [0.25, 0.3) is 11.2 Å². The van der Waals surface area contributed by atoms with E-state index in [1.165, 1.54) is 17.1 Å². The van der Waals surface area contributed by atoms with Gasteiger partial charge < -0.3 is 9.73 Å². The number of carbonyl (C=O) groups excluding carboxylic acids is 1. The lowest BCUT2D eigenvalue weighted by molar-refractivity contribution is -0.140. The lowest BCUT2D eigenvalue weighted by atomic mass is 9.63. The van der Waals surface area contributed by atoms with Crippen molar-refractivity contribution in [2.24, 2.45) is 5.92 Å². The molecule has 1 aliphatic carbocycles. The van der Waals surface area contributed by atoms with Crippen molar-refractivity contribution in [2.45, 2.75) is 18.4 Å². The molecule has 7 nitrogen and oxygen atoms in total. The first-order valence-electron chi connectivity index (χ1n) is 5.94. The molecule has 2 aliphatic heterocycles. The van der Waals surface area contributed by atoms with Crippen LogP contribution in [0, 0.1) is 5.92 Å². The monoisotopic (exact) mass is 258 g/mol. The van der Waals surface area contributed by atoms with Crippen LogP contribution in [0.4, 0.5) is 0 Å². The minimum Gasteiger partial charge on any atom is -0.388 e.